The van der Waals surface area contributed by atoms with E-state index in [1.54, 1.807) is 19.5 Å². The monoisotopic (exact) mass is 420 g/mol. The lowest BCUT2D eigenvalue weighted by molar-refractivity contribution is 0.282. The molecule has 2 rings (SSSR count). The maximum Gasteiger partial charge on any atom is 0.175 e. The molecule has 0 amide bonds. The molecule has 5 heteroatoms. The van der Waals surface area contributed by atoms with Crippen molar-refractivity contribution >= 4 is 15.9 Å². The first-order valence-electron chi connectivity index (χ1n) is 9.33. The van der Waals surface area contributed by atoms with Crippen molar-refractivity contribution in [1.29, 1.82) is 0 Å². The Morgan fingerprint density at radius 2 is 1.96 bits per heavy atom. The molecule has 0 saturated heterocycles. The summed E-state index contributed by atoms with van der Waals surface area (Å²) in [5.74, 6) is 1.46. The Bertz CT molecular complexity index is 650. The van der Waals surface area contributed by atoms with Crippen LogP contribution in [0.5, 0.6) is 11.5 Å². The van der Waals surface area contributed by atoms with Gasteiger partial charge >= 0.3 is 0 Å². The van der Waals surface area contributed by atoms with Gasteiger partial charge in [0.25, 0.3) is 0 Å². The zero-order chi connectivity index (χ0) is 18.6. The molecule has 26 heavy (non-hydrogen) atoms. The zero-order valence-electron chi connectivity index (χ0n) is 15.8. The number of hydrogen-bond donors (Lipinski definition) is 1. The van der Waals surface area contributed by atoms with Crippen molar-refractivity contribution in [3.63, 3.8) is 0 Å². The van der Waals surface area contributed by atoms with Gasteiger partial charge in [-0.25, -0.2) is 0 Å². The zero-order valence-corrected chi connectivity index (χ0v) is 17.3. The quantitative estimate of drug-likeness (QED) is 0.460. The molecule has 0 unspecified atom stereocenters. The predicted octanol–water partition coefficient (Wildman–Crippen LogP) is 5.49. The fourth-order valence-corrected chi connectivity index (χ4v) is 3.34. The summed E-state index contributed by atoms with van der Waals surface area (Å²) in [6.07, 6.45) is 10.0. The van der Waals surface area contributed by atoms with Crippen LogP contribution in [0.25, 0.3) is 0 Å². The van der Waals surface area contributed by atoms with Gasteiger partial charge in [0.2, 0.25) is 0 Å². The van der Waals surface area contributed by atoms with Crippen LogP contribution in [-0.4, -0.2) is 18.6 Å². The number of nitrogens with one attached hydrogen (secondary N) is 1. The van der Waals surface area contributed by atoms with Crippen molar-refractivity contribution in [1.82, 2.24) is 10.3 Å². The van der Waals surface area contributed by atoms with Crippen LogP contribution in [0, 0.1) is 0 Å². The first-order chi connectivity index (χ1) is 12.7. The second kappa shape index (κ2) is 11.9. The summed E-state index contributed by atoms with van der Waals surface area (Å²) < 4.78 is 12.4. The molecule has 0 spiro atoms. The fraction of sp³-hybridized carbons (Fsp3) is 0.476. The molecule has 0 radical (unpaired) electrons. The van der Waals surface area contributed by atoms with Gasteiger partial charge < -0.3 is 14.8 Å². The molecule has 0 saturated carbocycles. The molecule has 4 nitrogen and oxygen atoms in total. The van der Waals surface area contributed by atoms with Crippen LogP contribution in [0.3, 0.4) is 0 Å². The maximum atomic E-state index is 5.95. The Morgan fingerprint density at radius 3 is 2.69 bits per heavy atom. The van der Waals surface area contributed by atoms with Gasteiger partial charge in [0.05, 0.1) is 11.6 Å². The van der Waals surface area contributed by atoms with Crippen LogP contribution < -0.4 is 14.8 Å². The number of ether oxygens (including phenoxy) is 2. The Kier molecular flexibility index (Phi) is 9.50. The number of pyridine rings is 1. The number of rotatable bonds is 12. The highest BCUT2D eigenvalue weighted by Gasteiger charge is 2.12. The van der Waals surface area contributed by atoms with Crippen molar-refractivity contribution in [2.24, 2.45) is 0 Å². The van der Waals surface area contributed by atoms with Gasteiger partial charge in [-0.3, -0.25) is 4.98 Å². The minimum atomic E-state index is 0.457. The fourth-order valence-electron chi connectivity index (χ4n) is 2.74. The smallest absolute Gasteiger partial charge is 0.175 e. The van der Waals surface area contributed by atoms with E-state index in [1.807, 2.05) is 18.2 Å². The number of unbranched alkanes of at least 4 members (excludes halogenated alkanes) is 4. The lowest BCUT2D eigenvalue weighted by Gasteiger charge is -2.15. The summed E-state index contributed by atoms with van der Waals surface area (Å²) >= 11 is 3.62. The lowest BCUT2D eigenvalue weighted by Crippen LogP contribution is -2.14. The van der Waals surface area contributed by atoms with Crippen LogP contribution in [0.4, 0.5) is 0 Å². The molecular weight excluding hydrogens is 392 g/mol. The van der Waals surface area contributed by atoms with E-state index in [-0.39, 0.29) is 0 Å². The molecule has 142 valence electrons. The molecule has 0 fully saturated rings. The SMILES string of the molecule is CCCCCCCNCc1cc(Br)c(OCc2cccnc2)c(OC)c1. The van der Waals surface area contributed by atoms with Gasteiger partial charge in [-0.05, 0) is 52.7 Å². The maximum absolute atomic E-state index is 5.95. The standard InChI is InChI=1S/C21H29BrN2O2/c1-3-4-5-6-7-10-23-15-18-12-19(22)21(20(13-18)25-2)26-16-17-9-8-11-24-14-17/h8-9,11-14,23H,3-7,10,15-16H2,1-2H3. The van der Waals surface area contributed by atoms with Crippen molar-refractivity contribution in [2.45, 2.75) is 52.2 Å². The summed E-state index contributed by atoms with van der Waals surface area (Å²) in [6.45, 7) is 4.57. The third-order valence-electron chi connectivity index (χ3n) is 4.18. The number of benzene rings is 1. The summed E-state index contributed by atoms with van der Waals surface area (Å²) in [4.78, 5) is 4.11. The van der Waals surface area contributed by atoms with E-state index < -0.39 is 0 Å². The number of hydrogen-bond acceptors (Lipinski definition) is 4. The lowest BCUT2D eigenvalue weighted by atomic mass is 10.1. The number of halogens is 1. The predicted molar refractivity (Wildman–Crippen MR) is 110 cm³/mol. The molecule has 0 bridgehead atoms. The average molecular weight is 421 g/mol. The first-order valence-corrected chi connectivity index (χ1v) is 10.1. The average Bonchev–Trinajstić information content (AvgIpc) is 2.67. The highest BCUT2D eigenvalue weighted by Crippen LogP contribution is 2.37. The topological polar surface area (TPSA) is 43.4 Å². The minimum absolute atomic E-state index is 0.457. The number of nitrogens with zero attached hydrogens (tertiary/aromatic N) is 1. The molecular formula is C21H29BrN2O2. The van der Waals surface area contributed by atoms with Gasteiger partial charge in [0.1, 0.15) is 6.61 Å². The van der Waals surface area contributed by atoms with Crippen molar-refractivity contribution in [3.8, 4) is 11.5 Å². The molecule has 1 aromatic carbocycles. The van der Waals surface area contributed by atoms with Crippen LogP contribution >= 0.6 is 15.9 Å². The van der Waals surface area contributed by atoms with Crippen molar-refractivity contribution in [3.05, 3.63) is 52.3 Å². The second-order valence-corrected chi connectivity index (χ2v) is 7.20. The first kappa shape index (κ1) is 20.7. The third kappa shape index (κ3) is 6.96. The largest absolute Gasteiger partial charge is 0.493 e. The Morgan fingerprint density at radius 1 is 1.12 bits per heavy atom. The van der Waals surface area contributed by atoms with E-state index in [4.69, 9.17) is 9.47 Å². The van der Waals surface area contributed by atoms with Crippen LogP contribution in [-0.2, 0) is 13.2 Å². The molecule has 0 aliphatic heterocycles. The Hall–Kier alpha value is -1.59. The van der Waals surface area contributed by atoms with Crippen molar-refractivity contribution < 1.29 is 9.47 Å². The molecule has 1 heterocycles. The Balaban J connectivity index is 1.87. The summed E-state index contributed by atoms with van der Waals surface area (Å²) in [5.41, 5.74) is 2.20. The number of methoxy groups -OCH3 is 1. The highest BCUT2D eigenvalue weighted by molar-refractivity contribution is 9.10. The summed E-state index contributed by atoms with van der Waals surface area (Å²) in [7, 11) is 1.67. The molecule has 1 N–H and O–H groups in total. The van der Waals surface area contributed by atoms with E-state index in [0.29, 0.717) is 6.61 Å². The number of aromatic nitrogens is 1. The molecule has 1 aromatic heterocycles. The molecule has 0 aliphatic rings. The molecule has 0 aliphatic carbocycles. The Labute approximate surface area is 165 Å². The van der Waals surface area contributed by atoms with E-state index in [1.165, 1.54) is 37.7 Å². The van der Waals surface area contributed by atoms with Crippen LogP contribution in [0.15, 0.2) is 41.1 Å². The van der Waals surface area contributed by atoms with E-state index in [9.17, 15) is 0 Å². The normalized spacial score (nSPS) is 10.7. The van der Waals surface area contributed by atoms with E-state index >= 15 is 0 Å². The molecule has 2 aromatic rings. The summed E-state index contributed by atoms with van der Waals surface area (Å²) in [6, 6.07) is 8.02. The summed E-state index contributed by atoms with van der Waals surface area (Å²) in [5, 5.41) is 3.51. The molecule has 0 atom stereocenters. The van der Waals surface area contributed by atoms with Crippen molar-refractivity contribution in [2.75, 3.05) is 13.7 Å². The minimum Gasteiger partial charge on any atom is -0.493 e. The van der Waals surface area contributed by atoms with Crippen LogP contribution in [0.2, 0.25) is 0 Å². The third-order valence-corrected chi connectivity index (χ3v) is 4.77. The van der Waals surface area contributed by atoms with Crippen LogP contribution in [0.1, 0.15) is 50.2 Å². The second-order valence-electron chi connectivity index (χ2n) is 6.35. The van der Waals surface area contributed by atoms with Gasteiger partial charge in [0, 0.05) is 24.5 Å². The highest BCUT2D eigenvalue weighted by atomic mass is 79.9. The van der Waals surface area contributed by atoms with E-state index in [2.05, 4.69) is 39.2 Å². The van der Waals surface area contributed by atoms with Gasteiger partial charge in [-0.15, -0.1) is 0 Å². The van der Waals surface area contributed by atoms with Gasteiger partial charge in [0.15, 0.2) is 11.5 Å². The van der Waals surface area contributed by atoms with Gasteiger partial charge in [-0.2, -0.15) is 0 Å². The van der Waals surface area contributed by atoms with Gasteiger partial charge in [-0.1, -0.05) is 38.7 Å². The van der Waals surface area contributed by atoms with E-state index in [0.717, 1.165) is 34.6 Å².